The van der Waals surface area contributed by atoms with E-state index < -0.39 is 6.04 Å². The summed E-state index contributed by atoms with van der Waals surface area (Å²) >= 11 is 0. The molecule has 1 unspecified atom stereocenters. The van der Waals surface area contributed by atoms with Crippen LogP contribution in [0.2, 0.25) is 0 Å². The fraction of sp³-hybridized carbons (Fsp3) is 0.467. The van der Waals surface area contributed by atoms with Gasteiger partial charge in [0.1, 0.15) is 11.9 Å². The van der Waals surface area contributed by atoms with Crippen LogP contribution in [0, 0.1) is 6.92 Å². The molecule has 122 valence electrons. The van der Waals surface area contributed by atoms with Crippen molar-refractivity contribution in [2.45, 2.75) is 32.5 Å². The van der Waals surface area contributed by atoms with Crippen LogP contribution in [0.4, 0.5) is 0 Å². The number of hydrogen-bond acceptors (Lipinski definition) is 5. The van der Waals surface area contributed by atoms with Crippen molar-refractivity contribution in [3.05, 3.63) is 35.8 Å². The maximum atomic E-state index is 12.7. The molecule has 23 heavy (non-hydrogen) atoms. The number of aromatic nitrogens is 3. The SMILES string of the molecule is Cc1nnc2n1CC(C(=O)N(C)C)N(C(=O)Cc1ccoc1)C2. The topological polar surface area (TPSA) is 84.5 Å². The van der Waals surface area contributed by atoms with E-state index in [0.29, 0.717) is 12.4 Å². The highest BCUT2D eigenvalue weighted by molar-refractivity contribution is 5.88. The van der Waals surface area contributed by atoms with Gasteiger partial charge in [-0.1, -0.05) is 0 Å². The summed E-state index contributed by atoms with van der Waals surface area (Å²) in [6.07, 6.45) is 3.26. The summed E-state index contributed by atoms with van der Waals surface area (Å²) in [7, 11) is 3.38. The largest absolute Gasteiger partial charge is 0.472 e. The Kier molecular flexibility index (Phi) is 3.89. The lowest BCUT2D eigenvalue weighted by Gasteiger charge is -2.36. The van der Waals surface area contributed by atoms with Gasteiger partial charge >= 0.3 is 0 Å². The summed E-state index contributed by atoms with van der Waals surface area (Å²) in [5.74, 6) is 1.21. The third kappa shape index (κ3) is 2.84. The van der Waals surface area contributed by atoms with Crippen LogP contribution >= 0.6 is 0 Å². The molecule has 0 bridgehead atoms. The number of rotatable bonds is 3. The molecule has 2 aromatic rings. The van der Waals surface area contributed by atoms with E-state index in [-0.39, 0.29) is 24.8 Å². The molecular weight excluding hydrogens is 298 g/mol. The number of carbonyl (C=O) groups excluding carboxylic acids is 2. The molecule has 1 aliphatic rings. The second kappa shape index (κ2) is 5.86. The summed E-state index contributed by atoms with van der Waals surface area (Å²) in [5, 5.41) is 8.14. The minimum absolute atomic E-state index is 0.107. The zero-order chi connectivity index (χ0) is 16.6. The minimum atomic E-state index is -0.549. The molecule has 0 N–H and O–H groups in total. The van der Waals surface area contributed by atoms with Gasteiger partial charge in [0.2, 0.25) is 11.8 Å². The summed E-state index contributed by atoms with van der Waals surface area (Å²) < 4.78 is 6.90. The fourth-order valence-electron chi connectivity index (χ4n) is 2.75. The van der Waals surface area contributed by atoms with Crippen LogP contribution in [0.5, 0.6) is 0 Å². The van der Waals surface area contributed by atoms with Gasteiger partial charge in [-0.15, -0.1) is 10.2 Å². The Morgan fingerprint density at radius 1 is 1.39 bits per heavy atom. The van der Waals surface area contributed by atoms with E-state index in [9.17, 15) is 9.59 Å². The predicted octanol–water partition coefficient (Wildman–Crippen LogP) is 0.221. The molecule has 1 atom stereocenters. The van der Waals surface area contributed by atoms with E-state index in [2.05, 4.69) is 10.2 Å². The number of carbonyl (C=O) groups is 2. The van der Waals surface area contributed by atoms with E-state index in [0.717, 1.165) is 11.4 Å². The van der Waals surface area contributed by atoms with Crippen molar-refractivity contribution in [1.29, 1.82) is 0 Å². The number of hydrogen-bond donors (Lipinski definition) is 0. The molecule has 0 aromatic carbocycles. The Morgan fingerprint density at radius 2 is 2.17 bits per heavy atom. The zero-order valence-electron chi connectivity index (χ0n) is 13.4. The van der Waals surface area contributed by atoms with Crippen molar-refractivity contribution in [2.75, 3.05) is 14.1 Å². The van der Waals surface area contributed by atoms with Crippen LogP contribution < -0.4 is 0 Å². The van der Waals surface area contributed by atoms with Crippen molar-refractivity contribution in [2.24, 2.45) is 0 Å². The van der Waals surface area contributed by atoms with Gasteiger partial charge in [0.05, 0.1) is 32.0 Å². The lowest BCUT2D eigenvalue weighted by atomic mass is 10.1. The number of aryl methyl sites for hydroxylation is 1. The molecule has 2 amide bonds. The van der Waals surface area contributed by atoms with E-state index in [1.54, 1.807) is 25.1 Å². The molecule has 3 heterocycles. The lowest BCUT2D eigenvalue weighted by molar-refractivity contribution is -0.146. The maximum Gasteiger partial charge on any atom is 0.246 e. The first-order valence-corrected chi connectivity index (χ1v) is 7.37. The first kappa shape index (κ1) is 15.3. The van der Waals surface area contributed by atoms with Crippen molar-refractivity contribution in [3.8, 4) is 0 Å². The van der Waals surface area contributed by atoms with E-state index in [4.69, 9.17) is 4.42 Å². The van der Waals surface area contributed by atoms with Crippen LogP contribution in [0.1, 0.15) is 17.2 Å². The van der Waals surface area contributed by atoms with Crippen LogP contribution in [0.25, 0.3) is 0 Å². The van der Waals surface area contributed by atoms with Crippen molar-refractivity contribution >= 4 is 11.8 Å². The average Bonchev–Trinajstić information content (AvgIpc) is 3.15. The van der Waals surface area contributed by atoms with Crippen LogP contribution in [-0.2, 0) is 29.1 Å². The fourth-order valence-corrected chi connectivity index (χ4v) is 2.75. The Balaban J connectivity index is 1.88. The molecule has 8 nitrogen and oxygen atoms in total. The third-order valence-electron chi connectivity index (χ3n) is 4.04. The zero-order valence-corrected chi connectivity index (χ0v) is 13.4. The van der Waals surface area contributed by atoms with E-state index in [1.807, 2.05) is 11.5 Å². The third-order valence-corrected chi connectivity index (χ3v) is 4.04. The van der Waals surface area contributed by atoms with Gasteiger partial charge in [0.15, 0.2) is 5.82 Å². The molecule has 0 spiro atoms. The molecule has 0 saturated heterocycles. The van der Waals surface area contributed by atoms with Crippen LogP contribution in [0.15, 0.2) is 23.0 Å². The minimum Gasteiger partial charge on any atom is -0.472 e. The van der Waals surface area contributed by atoms with Gasteiger partial charge < -0.3 is 18.8 Å². The van der Waals surface area contributed by atoms with Crippen LogP contribution in [-0.4, -0.2) is 56.5 Å². The highest BCUT2D eigenvalue weighted by Crippen LogP contribution is 2.20. The number of furan rings is 1. The van der Waals surface area contributed by atoms with Gasteiger partial charge in [-0.05, 0) is 18.6 Å². The smallest absolute Gasteiger partial charge is 0.246 e. The van der Waals surface area contributed by atoms with Gasteiger partial charge in [-0.2, -0.15) is 0 Å². The molecular formula is C15H19N5O3. The van der Waals surface area contributed by atoms with Gasteiger partial charge in [0, 0.05) is 14.1 Å². The Labute approximate surface area is 133 Å². The normalized spacial score (nSPS) is 17.0. The first-order chi connectivity index (χ1) is 11.0. The van der Waals surface area contributed by atoms with Crippen molar-refractivity contribution in [3.63, 3.8) is 0 Å². The highest BCUT2D eigenvalue weighted by atomic mass is 16.3. The molecule has 0 saturated carbocycles. The molecule has 8 heteroatoms. The van der Waals surface area contributed by atoms with Crippen molar-refractivity contribution < 1.29 is 14.0 Å². The number of likely N-dealkylation sites (N-methyl/N-ethyl adjacent to an activating group) is 1. The Bertz CT molecular complexity index is 720. The summed E-state index contributed by atoms with van der Waals surface area (Å²) in [6.45, 7) is 2.50. The maximum absolute atomic E-state index is 12.7. The summed E-state index contributed by atoms with van der Waals surface area (Å²) in [5.41, 5.74) is 0.786. The summed E-state index contributed by atoms with van der Waals surface area (Å²) in [6, 6.07) is 1.20. The molecule has 1 aliphatic heterocycles. The average molecular weight is 317 g/mol. The van der Waals surface area contributed by atoms with Gasteiger partial charge in [-0.25, -0.2) is 0 Å². The van der Waals surface area contributed by atoms with E-state index in [1.165, 1.54) is 17.4 Å². The molecule has 0 aliphatic carbocycles. The Morgan fingerprint density at radius 3 is 2.83 bits per heavy atom. The highest BCUT2D eigenvalue weighted by Gasteiger charge is 2.37. The predicted molar refractivity (Wildman–Crippen MR) is 80.2 cm³/mol. The number of amides is 2. The Hall–Kier alpha value is -2.64. The second-order valence-corrected chi connectivity index (χ2v) is 5.85. The number of nitrogens with zero attached hydrogens (tertiary/aromatic N) is 5. The molecule has 3 rings (SSSR count). The van der Waals surface area contributed by atoms with Crippen LogP contribution in [0.3, 0.4) is 0 Å². The molecule has 2 aromatic heterocycles. The summed E-state index contributed by atoms with van der Waals surface area (Å²) in [4.78, 5) is 28.3. The monoisotopic (exact) mass is 317 g/mol. The van der Waals surface area contributed by atoms with Gasteiger partial charge in [0.25, 0.3) is 0 Å². The van der Waals surface area contributed by atoms with Gasteiger partial charge in [-0.3, -0.25) is 9.59 Å². The van der Waals surface area contributed by atoms with Crippen molar-refractivity contribution in [1.82, 2.24) is 24.6 Å². The standard InChI is InChI=1S/C15H19N5O3/c1-10-16-17-13-8-20(14(21)6-11-4-5-23-9-11)12(7-19(10)13)15(22)18(2)3/h4-5,9,12H,6-8H2,1-3H3. The van der Waals surface area contributed by atoms with E-state index >= 15 is 0 Å². The molecule has 0 fully saturated rings. The number of fused-ring (bicyclic) bond motifs is 1. The second-order valence-electron chi connectivity index (χ2n) is 5.85. The quantitative estimate of drug-likeness (QED) is 0.808. The molecule has 0 radical (unpaired) electrons. The lowest BCUT2D eigenvalue weighted by Crippen LogP contribution is -2.54. The first-order valence-electron chi connectivity index (χ1n) is 7.37.